The van der Waals surface area contributed by atoms with Crippen molar-refractivity contribution < 1.29 is 25.8 Å². The third kappa shape index (κ3) is 4.62. The van der Waals surface area contributed by atoms with Gasteiger partial charge in [0.1, 0.15) is 5.75 Å². The van der Waals surface area contributed by atoms with E-state index in [1.165, 1.54) is 12.1 Å². The number of nitrogens with one attached hydrogen (secondary N) is 1. The second kappa shape index (κ2) is 4.92. The molecular weight excluding hydrogens is 283 g/mol. The molecule has 1 aromatic carbocycles. The first-order valence-corrected chi connectivity index (χ1v) is 6.70. The fraction of sp³-hybridized carbons (Fsp3) is 0.455. The van der Waals surface area contributed by atoms with Gasteiger partial charge in [-0.1, -0.05) is 0 Å². The highest BCUT2D eigenvalue weighted by Crippen LogP contribution is 2.27. The van der Waals surface area contributed by atoms with Gasteiger partial charge in [0, 0.05) is 11.2 Å². The van der Waals surface area contributed by atoms with Gasteiger partial charge in [-0.15, -0.1) is 0 Å². The van der Waals surface area contributed by atoms with E-state index >= 15 is 0 Å². The Hall–Kier alpha value is -1.44. The lowest BCUT2D eigenvalue weighted by Crippen LogP contribution is -2.28. The molecule has 0 saturated heterocycles. The molecule has 0 fully saturated rings. The third-order valence-corrected chi connectivity index (χ3v) is 2.84. The SMILES string of the molecule is CC(C)(C)Nc1ccc(OS(=O)(=O)C(F)(F)F)cc1. The van der Waals surface area contributed by atoms with Gasteiger partial charge in [0.2, 0.25) is 0 Å². The second-order valence-corrected chi connectivity index (χ2v) is 6.42. The lowest BCUT2D eigenvalue weighted by Gasteiger charge is -2.22. The highest BCUT2D eigenvalue weighted by atomic mass is 32.2. The predicted octanol–water partition coefficient (Wildman–Crippen LogP) is 3.13. The standard InChI is InChI=1S/C11H14F3NO3S/c1-10(2,3)15-8-4-6-9(7-5-8)18-19(16,17)11(12,13)14/h4-7,15H,1-3H3. The van der Waals surface area contributed by atoms with E-state index in [4.69, 9.17) is 0 Å². The number of halogens is 3. The van der Waals surface area contributed by atoms with Crippen molar-refractivity contribution in [2.24, 2.45) is 0 Å². The molecule has 0 heterocycles. The van der Waals surface area contributed by atoms with Crippen LogP contribution in [0.4, 0.5) is 18.9 Å². The van der Waals surface area contributed by atoms with Crippen LogP contribution in [-0.2, 0) is 10.1 Å². The summed E-state index contributed by atoms with van der Waals surface area (Å²) in [7, 11) is -5.62. The van der Waals surface area contributed by atoms with Gasteiger partial charge in [0.15, 0.2) is 0 Å². The van der Waals surface area contributed by atoms with Gasteiger partial charge >= 0.3 is 15.6 Å². The minimum absolute atomic E-state index is 0.222. The van der Waals surface area contributed by atoms with Gasteiger partial charge in [0.05, 0.1) is 0 Å². The van der Waals surface area contributed by atoms with E-state index < -0.39 is 21.4 Å². The Morgan fingerprint density at radius 2 is 1.53 bits per heavy atom. The van der Waals surface area contributed by atoms with Crippen LogP contribution < -0.4 is 9.50 Å². The Bertz CT molecular complexity index is 530. The zero-order valence-electron chi connectivity index (χ0n) is 10.6. The Morgan fingerprint density at radius 1 is 1.05 bits per heavy atom. The van der Waals surface area contributed by atoms with Crippen LogP contribution in [0, 0.1) is 0 Å². The maximum atomic E-state index is 12.1. The summed E-state index contributed by atoms with van der Waals surface area (Å²) in [6, 6.07) is 5.17. The Balaban J connectivity index is 2.84. The molecule has 19 heavy (non-hydrogen) atoms. The summed E-state index contributed by atoms with van der Waals surface area (Å²) >= 11 is 0. The maximum Gasteiger partial charge on any atom is 0.534 e. The number of anilines is 1. The molecule has 0 atom stereocenters. The number of alkyl halides is 3. The van der Waals surface area contributed by atoms with E-state index in [1.54, 1.807) is 0 Å². The average Bonchev–Trinajstić information content (AvgIpc) is 2.16. The second-order valence-electron chi connectivity index (χ2n) is 4.88. The molecule has 0 aliphatic heterocycles. The highest BCUT2D eigenvalue weighted by molar-refractivity contribution is 7.87. The van der Waals surface area contributed by atoms with E-state index in [-0.39, 0.29) is 5.54 Å². The summed E-state index contributed by atoms with van der Waals surface area (Å²) in [6.45, 7) is 5.72. The molecule has 4 nitrogen and oxygen atoms in total. The summed E-state index contributed by atoms with van der Waals surface area (Å²) in [5, 5.41) is 3.07. The maximum absolute atomic E-state index is 12.1. The largest absolute Gasteiger partial charge is 0.534 e. The Labute approximate surface area is 109 Å². The van der Waals surface area contributed by atoms with Crippen molar-refractivity contribution in [1.29, 1.82) is 0 Å². The van der Waals surface area contributed by atoms with Gasteiger partial charge in [-0.25, -0.2) is 0 Å². The van der Waals surface area contributed by atoms with Crippen molar-refractivity contribution in [2.75, 3.05) is 5.32 Å². The zero-order chi connectivity index (χ0) is 14.9. The highest BCUT2D eigenvalue weighted by Gasteiger charge is 2.48. The topological polar surface area (TPSA) is 55.4 Å². The fourth-order valence-corrected chi connectivity index (χ4v) is 1.66. The van der Waals surface area contributed by atoms with E-state index in [9.17, 15) is 21.6 Å². The molecule has 0 spiro atoms. The molecule has 0 aliphatic carbocycles. The molecule has 1 N–H and O–H groups in total. The van der Waals surface area contributed by atoms with Crippen LogP contribution >= 0.6 is 0 Å². The molecule has 0 saturated carbocycles. The minimum Gasteiger partial charge on any atom is -0.380 e. The van der Waals surface area contributed by atoms with Gasteiger partial charge in [-0.2, -0.15) is 21.6 Å². The van der Waals surface area contributed by atoms with Crippen LogP contribution in [0.5, 0.6) is 5.75 Å². The van der Waals surface area contributed by atoms with Crippen LogP contribution in [0.25, 0.3) is 0 Å². The lowest BCUT2D eigenvalue weighted by atomic mass is 10.1. The van der Waals surface area contributed by atoms with Crippen molar-refractivity contribution >= 4 is 15.8 Å². The molecule has 108 valence electrons. The van der Waals surface area contributed by atoms with Crippen LogP contribution in [-0.4, -0.2) is 19.5 Å². The van der Waals surface area contributed by atoms with Gasteiger partial charge in [0.25, 0.3) is 0 Å². The molecule has 0 aliphatic rings. The average molecular weight is 297 g/mol. The van der Waals surface area contributed by atoms with Crippen molar-refractivity contribution in [1.82, 2.24) is 0 Å². The third-order valence-electron chi connectivity index (χ3n) is 1.86. The normalized spacial score (nSPS) is 13.2. The minimum atomic E-state index is -5.62. The summed E-state index contributed by atoms with van der Waals surface area (Å²) in [5.41, 5.74) is -5.01. The summed E-state index contributed by atoms with van der Waals surface area (Å²) in [6.07, 6.45) is 0. The lowest BCUT2D eigenvalue weighted by molar-refractivity contribution is -0.0500. The Kier molecular flexibility index (Phi) is 4.04. The van der Waals surface area contributed by atoms with Gasteiger partial charge < -0.3 is 9.50 Å². The molecule has 0 aromatic heterocycles. The molecule has 0 amide bonds. The van der Waals surface area contributed by atoms with Gasteiger partial charge in [-0.3, -0.25) is 0 Å². The molecule has 1 aromatic rings. The van der Waals surface area contributed by atoms with Crippen LogP contribution in [0.1, 0.15) is 20.8 Å². The summed E-state index contributed by atoms with van der Waals surface area (Å²) in [5.74, 6) is -0.392. The number of hydrogen-bond acceptors (Lipinski definition) is 4. The van der Waals surface area contributed by atoms with E-state index in [2.05, 4.69) is 9.50 Å². The van der Waals surface area contributed by atoms with Crippen molar-refractivity contribution in [3.8, 4) is 5.75 Å². The van der Waals surface area contributed by atoms with Crippen molar-refractivity contribution in [3.05, 3.63) is 24.3 Å². The monoisotopic (exact) mass is 297 g/mol. The fourth-order valence-electron chi connectivity index (χ4n) is 1.20. The summed E-state index contributed by atoms with van der Waals surface area (Å²) < 4.78 is 61.8. The first-order chi connectivity index (χ1) is 8.41. The molecule has 1 rings (SSSR count). The molecule has 8 heteroatoms. The van der Waals surface area contributed by atoms with E-state index in [0.717, 1.165) is 12.1 Å². The first-order valence-electron chi connectivity index (χ1n) is 5.30. The van der Waals surface area contributed by atoms with Gasteiger partial charge in [-0.05, 0) is 45.0 Å². The van der Waals surface area contributed by atoms with Crippen LogP contribution in [0.15, 0.2) is 24.3 Å². The predicted molar refractivity (Wildman–Crippen MR) is 65.4 cm³/mol. The molecule has 0 radical (unpaired) electrons. The molecular formula is C11H14F3NO3S. The number of rotatable bonds is 3. The van der Waals surface area contributed by atoms with Crippen LogP contribution in [0.2, 0.25) is 0 Å². The summed E-state index contributed by atoms with van der Waals surface area (Å²) in [4.78, 5) is 0. The zero-order valence-corrected chi connectivity index (χ0v) is 11.4. The van der Waals surface area contributed by atoms with E-state index in [1.807, 2.05) is 20.8 Å². The number of benzene rings is 1. The molecule has 0 bridgehead atoms. The smallest absolute Gasteiger partial charge is 0.380 e. The van der Waals surface area contributed by atoms with Crippen LogP contribution in [0.3, 0.4) is 0 Å². The van der Waals surface area contributed by atoms with Crippen molar-refractivity contribution in [2.45, 2.75) is 31.8 Å². The first kappa shape index (κ1) is 15.6. The Morgan fingerprint density at radius 3 is 1.89 bits per heavy atom. The number of hydrogen-bond donors (Lipinski definition) is 1. The van der Waals surface area contributed by atoms with E-state index in [0.29, 0.717) is 5.69 Å². The molecule has 0 unspecified atom stereocenters. The quantitative estimate of drug-likeness (QED) is 0.688. The van der Waals surface area contributed by atoms with Crippen molar-refractivity contribution in [3.63, 3.8) is 0 Å².